The van der Waals surface area contributed by atoms with E-state index in [-0.39, 0.29) is 17.1 Å². The highest BCUT2D eigenvalue weighted by Gasteiger charge is 2.25. The van der Waals surface area contributed by atoms with Gasteiger partial charge in [-0.05, 0) is 36.2 Å². The molecule has 0 saturated carbocycles. The van der Waals surface area contributed by atoms with Gasteiger partial charge in [-0.15, -0.1) is 0 Å². The fourth-order valence-corrected chi connectivity index (χ4v) is 4.29. The van der Waals surface area contributed by atoms with Gasteiger partial charge in [-0.3, -0.25) is 10.1 Å². The molecule has 0 radical (unpaired) electrons. The Morgan fingerprint density at radius 3 is 2.18 bits per heavy atom. The second-order valence-corrected chi connectivity index (χ2v) is 8.44. The summed E-state index contributed by atoms with van der Waals surface area (Å²) in [6.07, 6.45) is 3.82. The molecule has 0 heterocycles. The molecule has 0 N–H and O–H groups in total. The van der Waals surface area contributed by atoms with Crippen molar-refractivity contribution in [2.75, 3.05) is 13.7 Å². The summed E-state index contributed by atoms with van der Waals surface area (Å²) in [5.41, 5.74) is 0.713. The van der Waals surface area contributed by atoms with E-state index >= 15 is 0 Å². The molecule has 0 amide bonds. The van der Waals surface area contributed by atoms with Crippen molar-refractivity contribution in [1.29, 1.82) is 0 Å². The van der Waals surface area contributed by atoms with Crippen molar-refractivity contribution < 1.29 is 18.1 Å². The van der Waals surface area contributed by atoms with E-state index in [1.807, 2.05) is 12.1 Å². The highest BCUT2D eigenvalue weighted by atomic mass is 32.2. The van der Waals surface area contributed by atoms with Gasteiger partial charge in [0, 0.05) is 25.2 Å². The molecule has 0 aromatic heterocycles. The Balaban J connectivity index is 2.25. The summed E-state index contributed by atoms with van der Waals surface area (Å²) in [5.74, 6) is 0.705. The molecule has 7 nitrogen and oxygen atoms in total. The molecule has 0 aliphatic rings. The minimum absolute atomic E-state index is 0.0575. The fraction of sp³-hybridized carbons (Fsp3) is 0.400. The van der Waals surface area contributed by atoms with E-state index in [4.69, 9.17) is 4.74 Å². The first kappa shape index (κ1) is 21.8. The van der Waals surface area contributed by atoms with Gasteiger partial charge in [0.05, 0.1) is 16.9 Å². The minimum atomic E-state index is -3.77. The van der Waals surface area contributed by atoms with Crippen LogP contribution in [0.2, 0.25) is 0 Å². The molecule has 0 aliphatic heterocycles. The predicted molar refractivity (Wildman–Crippen MR) is 108 cm³/mol. The number of nitro groups is 1. The maximum atomic E-state index is 13.1. The summed E-state index contributed by atoms with van der Waals surface area (Å²) in [7, 11) is -2.19. The highest BCUT2D eigenvalue weighted by molar-refractivity contribution is 7.89. The molecular weight excluding hydrogens is 380 g/mol. The number of non-ortho nitro benzene ring substituents is 1. The van der Waals surface area contributed by atoms with Gasteiger partial charge in [-0.1, -0.05) is 38.3 Å². The summed E-state index contributed by atoms with van der Waals surface area (Å²) in [6, 6.07) is 12.3. The Morgan fingerprint density at radius 2 is 1.64 bits per heavy atom. The molecule has 28 heavy (non-hydrogen) atoms. The average molecular weight is 407 g/mol. The van der Waals surface area contributed by atoms with Crippen LogP contribution in [0.4, 0.5) is 5.69 Å². The lowest BCUT2D eigenvalue weighted by Crippen LogP contribution is -2.31. The molecule has 2 rings (SSSR count). The number of hydrogen-bond acceptors (Lipinski definition) is 5. The third-order valence-electron chi connectivity index (χ3n) is 4.46. The summed E-state index contributed by atoms with van der Waals surface area (Å²) in [5, 5.41) is 10.8. The Bertz CT molecular complexity index is 864. The summed E-state index contributed by atoms with van der Waals surface area (Å²) in [6.45, 7) is 2.73. The first-order valence-corrected chi connectivity index (χ1v) is 10.7. The molecule has 8 heteroatoms. The highest BCUT2D eigenvalue weighted by Crippen LogP contribution is 2.23. The lowest BCUT2D eigenvalue weighted by molar-refractivity contribution is -0.384. The van der Waals surface area contributed by atoms with Gasteiger partial charge in [0.2, 0.25) is 10.0 Å². The normalized spacial score (nSPS) is 11.5. The quantitative estimate of drug-likeness (QED) is 0.314. The number of rotatable bonds is 11. The smallest absolute Gasteiger partial charge is 0.269 e. The lowest BCUT2D eigenvalue weighted by Gasteiger charge is -2.22. The molecular formula is C20H26N2O5S. The molecule has 152 valence electrons. The van der Waals surface area contributed by atoms with E-state index in [0.29, 0.717) is 12.3 Å². The third kappa shape index (κ3) is 5.77. The predicted octanol–water partition coefficient (Wildman–Crippen LogP) is 4.37. The van der Waals surface area contributed by atoms with E-state index in [1.54, 1.807) is 19.2 Å². The van der Waals surface area contributed by atoms with Crippen LogP contribution in [-0.4, -0.2) is 31.3 Å². The Labute approximate surface area is 166 Å². The van der Waals surface area contributed by atoms with Gasteiger partial charge in [0.1, 0.15) is 5.75 Å². The molecule has 0 bridgehead atoms. The average Bonchev–Trinajstić information content (AvgIpc) is 2.70. The Morgan fingerprint density at radius 1 is 1.00 bits per heavy atom. The maximum absolute atomic E-state index is 13.1. The zero-order chi connectivity index (χ0) is 20.6. The van der Waals surface area contributed by atoms with Crippen LogP contribution in [-0.2, 0) is 16.6 Å². The zero-order valence-electron chi connectivity index (χ0n) is 16.2. The number of hydrogen-bond donors (Lipinski definition) is 0. The van der Waals surface area contributed by atoms with Gasteiger partial charge in [0.15, 0.2) is 0 Å². The molecule has 0 aliphatic carbocycles. The van der Waals surface area contributed by atoms with Gasteiger partial charge >= 0.3 is 0 Å². The minimum Gasteiger partial charge on any atom is -0.497 e. The molecule has 0 saturated heterocycles. The largest absolute Gasteiger partial charge is 0.497 e. The monoisotopic (exact) mass is 406 g/mol. The number of unbranched alkanes of at least 4 members (excludes halogenated alkanes) is 3. The van der Waals surface area contributed by atoms with Crippen molar-refractivity contribution >= 4 is 15.7 Å². The number of ether oxygens (including phenoxy) is 1. The molecule has 2 aromatic carbocycles. The van der Waals surface area contributed by atoms with Crippen LogP contribution in [0.1, 0.15) is 38.2 Å². The van der Waals surface area contributed by atoms with E-state index in [9.17, 15) is 18.5 Å². The second kappa shape index (κ2) is 10.2. The second-order valence-electron chi connectivity index (χ2n) is 6.50. The van der Waals surface area contributed by atoms with Crippen LogP contribution < -0.4 is 4.74 Å². The van der Waals surface area contributed by atoms with Crippen molar-refractivity contribution in [1.82, 2.24) is 4.31 Å². The summed E-state index contributed by atoms with van der Waals surface area (Å²) in [4.78, 5) is 10.3. The van der Waals surface area contributed by atoms with E-state index in [2.05, 4.69) is 6.92 Å². The van der Waals surface area contributed by atoms with Crippen LogP contribution in [0, 0.1) is 10.1 Å². The number of methoxy groups -OCH3 is 1. The fourth-order valence-electron chi connectivity index (χ4n) is 2.82. The van der Waals surface area contributed by atoms with Gasteiger partial charge in [-0.25, -0.2) is 8.42 Å². The number of sulfonamides is 1. The molecule has 0 fully saturated rings. The summed E-state index contributed by atoms with van der Waals surface area (Å²) >= 11 is 0. The van der Waals surface area contributed by atoms with Crippen molar-refractivity contribution in [3.8, 4) is 5.75 Å². The molecule has 0 spiro atoms. The number of benzene rings is 2. The van der Waals surface area contributed by atoms with Crippen LogP contribution in [0.15, 0.2) is 53.4 Å². The van der Waals surface area contributed by atoms with Crippen LogP contribution in [0.25, 0.3) is 0 Å². The van der Waals surface area contributed by atoms with Gasteiger partial charge in [0.25, 0.3) is 5.69 Å². The first-order valence-electron chi connectivity index (χ1n) is 9.26. The van der Waals surface area contributed by atoms with Crippen LogP contribution >= 0.6 is 0 Å². The van der Waals surface area contributed by atoms with Crippen molar-refractivity contribution in [2.24, 2.45) is 0 Å². The molecule has 0 unspecified atom stereocenters. The Hall–Kier alpha value is -2.45. The first-order chi connectivity index (χ1) is 13.4. The maximum Gasteiger partial charge on any atom is 0.269 e. The van der Waals surface area contributed by atoms with Crippen molar-refractivity contribution in [3.63, 3.8) is 0 Å². The van der Waals surface area contributed by atoms with E-state index in [0.717, 1.165) is 31.2 Å². The van der Waals surface area contributed by atoms with Crippen LogP contribution in [0.3, 0.4) is 0 Å². The van der Waals surface area contributed by atoms with Crippen LogP contribution in [0.5, 0.6) is 5.75 Å². The third-order valence-corrected chi connectivity index (χ3v) is 6.32. The zero-order valence-corrected chi connectivity index (χ0v) is 17.0. The molecule has 2 aromatic rings. The van der Waals surface area contributed by atoms with E-state index in [1.165, 1.54) is 28.6 Å². The standard InChI is InChI=1S/C20H26N2O5S/c1-3-4-5-6-15-21(16-17-7-11-19(27-2)12-8-17)28(25,26)20-13-9-18(10-14-20)22(23)24/h7-14H,3-6,15-16H2,1-2H3. The topological polar surface area (TPSA) is 89.8 Å². The SMILES string of the molecule is CCCCCCN(Cc1ccc(OC)cc1)S(=O)(=O)c1ccc([N+](=O)[O-])cc1. The number of nitro benzene ring substituents is 1. The number of nitrogens with zero attached hydrogens (tertiary/aromatic N) is 2. The molecule has 0 atom stereocenters. The lowest BCUT2D eigenvalue weighted by atomic mass is 10.2. The Kier molecular flexibility index (Phi) is 7.95. The van der Waals surface area contributed by atoms with E-state index < -0.39 is 14.9 Å². The summed E-state index contributed by atoms with van der Waals surface area (Å²) < 4.78 is 32.9. The van der Waals surface area contributed by atoms with Gasteiger partial charge < -0.3 is 4.74 Å². The van der Waals surface area contributed by atoms with Crippen molar-refractivity contribution in [2.45, 2.75) is 44.0 Å². The van der Waals surface area contributed by atoms with Crippen molar-refractivity contribution in [3.05, 3.63) is 64.2 Å². The van der Waals surface area contributed by atoms with Gasteiger partial charge in [-0.2, -0.15) is 4.31 Å².